The van der Waals surface area contributed by atoms with Gasteiger partial charge in [-0.15, -0.1) is 0 Å². The zero-order chi connectivity index (χ0) is 20.8. The van der Waals surface area contributed by atoms with Gasteiger partial charge in [-0.3, -0.25) is 30.1 Å². The van der Waals surface area contributed by atoms with Crippen molar-refractivity contribution in [3.05, 3.63) is 54.1 Å². The first-order chi connectivity index (χ1) is 13.9. The van der Waals surface area contributed by atoms with Crippen LogP contribution in [0.25, 0.3) is 0 Å². The van der Waals surface area contributed by atoms with Gasteiger partial charge in [-0.1, -0.05) is 12.1 Å². The summed E-state index contributed by atoms with van der Waals surface area (Å²) in [5.74, 6) is -0.0271. The van der Waals surface area contributed by atoms with Gasteiger partial charge in [0.1, 0.15) is 18.0 Å². The second kappa shape index (κ2) is 9.09. The first-order valence-corrected chi connectivity index (χ1v) is 9.32. The summed E-state index contributed by atoms with van der Waals surface area (Å²) < 4.78 is 11.1. The van der Waals surface area contributed by atoms with Crippen LogP contribution >= 0.6 is 0 Å². The van der Waals surface area contributed by atoms with Crippen molar-refractivity contribution in [2.24, 2.45) is 0 Å². The van der Waals surface area contributed by atoms with Crippen molar-refractivity contribution < 1.29 is 23.9 Å². The monoisotopic (exact) mass is 397 g/mol. The number of fused-ring (bicyclic) bond motifs is 1. The lowest BCUT2D eigenvalue weighted by atomic mass is 10.2. The average molecular weight is 397 g/mol. The summed E-state index contributed by atoms with van der Waals surface area (Å²) in [5, 5.41) is 0. The molecule has 0 spiro atoms. The standard InChI is InChI=1S/C21H23N3O5/c1-14(2)29-16-9-7-15(8-10-16)21(27)23-22-19(25)13-24-17-5-3-4-6-18(17)28-12-11-20(24)26/h3-10,14H,11-13H2,1-2H3,(H,22,25)(H,23,27). The summed E-state index contributed by atoms with van der Waals surface area (Å²) in [6.07, 6.45) is 0.199. The van der Waals surface area contributed by atoms with Gasteiger partial charge in [0.05, 0.1) is 24.8 Å². The van der Waals surface area contributed by atoms with Crippen LogP contribution in [0.15, 0.2) is 48.5 Å². The predicted octanol–water partition coefficient (Wildman–Crippen LogP) is 2.05. The van der Waals surface area contributed by atoms with E-state index in [-0.39, 0.29) is 31.6 Å². The number of hydrazine groups is 1. The Labute approximate surface area is 168 Å². The third-order valence-corrected chi connectivity index (χ3v) is 4.14. The number of carbonyl (C=O) groups excluding carboxylic acids is 3. The molecule has 8 nitrogen and oxygen atoms in total. The van der Waals surface area contributed by atoms with Crippen molar-refractivity contribution in [2.75, 3.05) is 18.1 Å². The second-order valence-corrected chi connectivity index (χ2v) is 6.74. The van der Waals surface area contributed by atoms with Crippen molar-refractivity contribution in [1.82, 2.24) is 10.9 Å². The largest absolute Gasteiger partial charge is 0.491 e. The number of nitrogens with one attached hydrogen (secondary N) is 2. The molecule has 29 heavy (non-hydrogen) atoms. The summed E-state index contributed by atoms with van der Waals surface area (Å²) >= 11 is 0. The first-order valence-electron chi connectivity index (χ1n) is 9.32. The zero-order valence-electron chi connectivity index (χ0n) is 16.3. The normalized spacial score (nSPS) is 13.2. The Bertz CT molecular complexity index is 895. The number of carbonyl (C=O) groups is 3. The number of nitrogens with zero attached hydrogens (tertiary/aromatic N) is 1. The molecule has 0 unspecified atom stereocenters. The number of amides is 3. The van der Waals surface area contributed by atoms with Gasteiger partial charge < -0.3 is 9.47 Å². The second-order valence-electron chi connectivity index (χ2n) is 6.74. The van der Waals surface area contributed by atoms with Crippen LogP contribution in [0, 0.1) is 0 Å². The Morgan fingerprint density at radius 1 is 1.10 bits per heavy atom. The molecule has 2 N–H and O–H groups in total. The third-order valence-electron chi connectivity index (χ3n) is 4.14. The van der Waals surface area contributed by atoms with E-state index in [1.165, 1.54) is 4.90 Å². The first kappa shape index (κ1) is 20.2. The molecule has 0 fully saturated rings. The fraction of sp³-hybridized carbons (Fsp3) is 0.286. The van der Waals surface area contributed by atoms with E-state index in [1.807, 2.05) is 13.8 Å². The molecule has 0 saturated carbocycles. The highest BCUT2D eigenvalue weighted by atomic mass is 16.5. The van der Waals surface area contributed by atoms with Gasteiger partial charge in [0, 0.05) is 5.56 Å². The molecule has 0 aromatic heterocycles. The van der Waals surface area contributed by atoms with Gasteiger partial charge in [-0.05, 0) is 50.2 Å². The number of para-hydroxylation sites is 2. The van der Waals surface area contributed by atoms with Gasteiger partial charge in [-0.2, -0.15) is 0 Å². The average Bonchev–Trinajstić information content (AvgIpc) is 2.85. The lowest BCUT2D eigenvalue weighted by molar-refractivity contribution is -0.124. The molecule has 8 heteroatoms. The highest BCUT2D eigenvalue weighted by Crippen LogP contribution is 2.30. The Morgan fingerprint density at radius 3 is 2.55 bits per heavy atom. The maximum atomic E-state index is 12.3. The SMILES string of the molecule is CC(C)Oc1ccc(C(=O)NNC(=O)CN2C(=O)CCOc3ccccc32)cc1. The molecule has 1 heterocycles. The summed E-state index contributed by atoms with van der Waals surface area (Å²) in [6.45, 7) is 3.84. The Morgan fingerprint density at radius 2 is 1.83 bits per heavy atom. The minimum atomic E-state index is -0.525. The summed E-state index contributed by atoms with van der Waals surface area (Å²) in [6, 6.07) is 13.6. The van der Waals surface area contributed by atoms with Crippen molar-refractivity contribution >= 4 is 23.4 Å². The molecule has 0 bridgehead atoms. The van der Waals surface area contributed by atoms with E-state index in [2.05, 4.69) is 10.9 Å². The maximum Gasteiger partial charge on any atom is 0.269 e. The molecule has 0 saturated heterocycles. The minimum absolute atomic E-state index is 0.0335. The number of hydrogen-bond donors (Lipinski definition) is 2. The minimum Gasteiger partial charge on any atom is -0.491 e. The number of rotatable bonds is 5. The van der Waals surface area contributed by atoms with Crippen LogP contribution in [0.5, 0.6) is 11.5 Å². The lowest BCUT2D eigenvalue weighted by Crippen LogP contribution is -2.47. The highest BCUT2D eigenvalue weighted by Gasteiger charge is 2.25. The molecule has 0 radical (unpaired) electrons. The smallest absolute Gasteiger partial charge is 0.269 e. The van der Waals surface area contributed by atoms with Crippen LogP contribution in [-0.2, 0) is 9.59 Å². The van der Waals surface area contributed by atoms with E-state index in [4.69, 9.17) is 9.47 Å². The number of anilines is 1. The molecule has 2 aromatic rings. The molecule has 1 aliphatic heterocycles. The van der Waals surface area contributed by atoms with Crippen molar-refractivity contribution in [3.8, 4) is 11.5 Å². The fourth-order valence-electron chi connectivity index (χ4n) is 2.83. The van der Waals surface area contributed by atoms with Crippen LogP contribution in [0.2, 0.25) is 0 Å². The molecule has 152 valence electrons. The van der Waals surface area contributed by atoms with Gasteiger partial charge in [0.2, 0.25) is 5.91 Å². The van der Waals surface area contributed by atoms with Crippen molar-refractivity contribution in [2.45, 2.75) is 26.4 Å². The molecule has 1 aliphatic rings. The molecule has 3 rings (SSSR count). The fourth-order valence-corrected chi connectivity index (χ4v) is 2.83. The quantitative estimate of drug-likeness (QED) is 0.753. The molecule has 3 amide bonds. The highest BCUT2D eigenvalue weighted by molar-refractivity contribution is 6.01. The van der Waals surface area contributed by atoms with Gasteiger partial charge in [-0.25, -0.2) is 0 Å². The van der Waals surface area contributed by atoms with Crippen LogP contribution < -0.4 is 25.2 Å². The van der Waals surface area contributed by atoms with Gasteiger partial charge >= 0.3 is 0 Å². The molecular weight excluding hydrogens is 374 g/mol. The van der Waals surface area contributed by atoms with Crippen LogP contribution in [0.3, 0.4) is 0 Å². The Balaban J connectivity index is 1.58. The van der Waals surface area contributed by atoms with E-state index in [0.717, 1.165) is 0 Å². The van der Waals surface area contributed by atoms with Crippen LogP contribution in [-0.4, -0.2) is 37.0 Å². The van der Waals surface area contributed by atoms with Crippen LogP contribution in [0.1, 0.15) is 30.6 Å². The maximum absolute atomic E-state index is 12.3. The van der Waals surface area contributed by atoms with E-state index >= 15 is 0 Å². The van der Waals surface area contributed by atoms with Crippen molar-refractivity contribution in [1.29, 1.82) is 0 Å². The predicted molar refractivity (Wildman–Crippen MR) is 107 cm³/mol. The summed E-state index contributed by atoms with van der Waals surface area (Å²) in [7, 11) is 0. The number of benzene rings is 2. The van der Waals surface area contributed by atoms with E-state index < -0.39 is 11.8 Å². The Kier molecular flexibility index (Phi) is 6.33. The Hall–Kier alpha value is -3.55. The van der Waals surface area contributed by atoms with E-state index in [9.17, 15) is 14.4 Å². The third kappa shape index (κ3) is 5.25. The van der Waals surface area contributed by atoms with Crippen molar-refractivity contribution in [3.63, 3.8) is 0 Å². The summed E-state index contributed by atoms with van der Waals surface area (Å²) in [4.78, 5) is 38.2. The van der Waals surface area contributed by atoms with E-state index in [0.29, 0.717) is 22.7 Å². The van der Waals surface area contributed by atoms with Gasteiger partial charge in [0.15, 0.2) is 0 Å². The zero-order valence-corrected chi connectivity index (χ0v) is 16.3. The van der Waals surface area contributed by atoms with Crippen LogP contribution in [0.4, 0.5) is 5.69 Å². The summed E-state index contributed by atoms with van der Waals surface area (Å²) in [5.41, 5.74) is 5.59. The molecular formula is C21H23N3O5. The molecule has 0 aliphatic carbocycles. The number of ether oxygens (including phenoxy) is 2. The lowest BCUT2D eigenvalue weighted by Gasteiger charge is -2.21. The van der Waals surface area contributed by atoms with E-state index in [1.54, 1.807) is 48.5 Å². The topological polar surface area (TPSA) is 97.0 Å². The molecule has 0 atom stereocenters. The number of hydrogen-bond acceptors (Lipinski definition) is 5. The molecule has 2 aromatic carbocycles. The van der Waals surface area contributed by atoms with Gasteiger partial charge in [0.25, 0.3) is 11.8 Å².